The molecule has 1 fully saturated rings. The molecule has 27 heavy (non-hydrogen) atoms. The van der Waals surface area contributed by atoms with Gasteiger partial charge >= 0.3 is 0 Å². The summed E-state index contributed by atoms with van der Waals surface area (Å²) >= 11 is 6.04. The average molecular weight is 385 g/mol. The first kappa shape index (κ1) is 17.8. The monoisotopic (exact) mass is 384 g/mol. The molecule has 0 bridgehead atoms. The highest BCUT2D eigenvalue weighted by molar-refractivity contribution is 6.30. The smallest absolute Gasteiger partial charge is 0.247 e. The van der Waals surface area contributed by atoms with Crippen molar-refractivity contribution in [3.63, 3.8) is 0 Å². The minimum absolute atomic E-state index is 0.0250. The summed E-state index contributed by atoms with van der Waals surface area (Å²) in [6.45, 7) is 5.44. The third-order valence-electron chi connectivity index (χ3n) is 4.95. The molecule has 3 aromatic rings. The lowest BCUT2D eigenvalue weighted by Gasteiger charge is -2.38. The molecule has 0 unspecified atom stereocenters. The van der Waals surface area contributed by atoms with E-state index in [-0.39, 0.29) is 6.04 Å². The fraction of sp³-hybridized carbons (Fsp3) is 0.300. The number of piperazine rings is 1. The van der Waals surface area contributed by atoms with Crippen LogP contribution >= 0.6 is 11.6 Å². The lowest BCUT2D eigenvalue weighted by molar-refractivity contribution is 0.173. The summed E-state index contributed by atoms with van der Waals surface area (Å²) in [6.07, 6.45) is 0. The van der Waals surface area contributed by atoms with Crippen LogP contribution in [0.2, 0.25) is 5.02 Å². The Labute approximate surface area is 163 Å². The predicted molar refractivity (Wildman–Crippen MR) is 105 cm³/mol. The van der Waals surface area contributed by atoms with Crippen LogP contribution in [-0.2, 0) is 0 Å². The summed E-state index contributed by atoms with van der Waals surface area (Å²) in [5.74, 6) is 1.40. The molecule has 1 saturated heterocycles. The van der Waals surface area contributed by atoms with Crippen LogP contribution in [0.3, 0.4) is 0 Å². The second-order valence-corrected chi connectivity index (χ2v) is 7.08. The van der Waals surface area contributed by atoms with E-state index in [1.54, 1.807) is 6.07 Å². The van der Waals surface area contributed by atoms with Gasteiger partial charge < -0.3 is 14.4 Å². The third-order valence-corrected chi connectivity index (χ3v) is 5.19. The van der Waals surface area contributed by atoms with Crippen molar-refractivity contribution >= 4 is 17.3 Å². The van der Waals surface area contributed by atoms with Gasteiger partial charge in [-0.25, -0.2) is 0 Å². The van der Waals surface area contributed by atoms with Crippen molar-refractivity contribution in [3.8, 4) is 17.2 Å². The number of phenolic OH excluding ortho intramolecular Hbond substituents is 1. The maximum Gasteiger partial charge on any atom is 0.247 e. The molecule has 6 nitrogen and oxygen atoms in total. The number of nitrogens with zero attached hydrogens (tertiary/aromatic N) is 4. The zero-order chi connectivity index (χ0) is 18.8. The van der Waals surface area contributed by atoms with E-state index in [1.807, 2.05) is 42.5 Å². The molecule has 0 radical (unpaired) electrons. The lowest BCUT2D eigenvalue weighted by atomic mass is 10.2. The van der Waals surface area contributed by atoms with E-state index in [2.05, 4.69) is 26.9 Å². The minimum Gasteiger partial charge on any atom is -0.506 e. The Morgan fingerprint density at radius 2 is 1.81 bits per heavy atom. The molecule has 1 atom stereocenters. The molecule has 1 N–H and O–H groups in total. The van der Waals surface area contributed by atoms with Gasteiger partial charge in [-0.05, 0) is 37.3 Å². The average Bonchev–Trinajstić information content (AvgIpc) is 3.18. The number of hydrogen-bond donors (Lipinski definition) is 1. The quantitative estimate of drug-likeness (QED) is 0.734. The zero-order valence-electron chi connectivity index (χ0n) is 15.0. The van der Waals surface area contributed by atoms with Crippen LogP contribution < -0.4 is 4.90 Å². The van der Waals surface area contributed by atoms with Crippen LogP contribution in [-0.4, -0.2) is 46.4 Å². The van der Waals surface area contributed by atoms with Gasteiger partial charge in [-0.1, -0.05) is 29.8 Å². The van der Waals surface area contributed by atoms with Crippen molar-refractivity contribution in [2.24, 2.45) is 0 Å². The first-order chi connectivity index (χ1) is 13.1. The molecule has 7 heteroatoms. The zero-order valence-corrected chi connectivity index (χ0v) is 15.8. The number of benzene rings is 2. The molecule has 0 aliphatic carbocycles. The molecular weight excluding hydrogens is 364 g/mol. The van der Waals surface area contributed by atoms with Crippen molar-refractivity contribution in [3.05, 3.63) is 59.4 Å². The standard InChI is InChI=1S/C20H21ClN4O2/c1-14(19-22-23-20(27-19)15-5-4-6-16(21)13-15)24-9-11-25(12-10-24)17-7-2-3-8-18(17)26/h2-8,13-14,26H,9-12H2,1H3/t14-/m1/s1. The number of halogens is 1. The Morgan fingerprint density at radius 3 is 2.56 bits per heavy atom. The molecule has 1 aliphatic heterocycles. The van der Waals surface area contributed by atoms with Crippen LogP contribution in [0, 0.1) is 0 Å². The molecular formula is C20H21ClN4O2. The van der Waals surface area contributed by atoms with Gasteiger partial charge in [0.2, 0.25) is 11.8 Å². The van der Waals surface area contributed by atoms with E-state index in [9.17, 15) is 5.11 Å². The molecule has 140 valence electrons. The Bertz CT molecular complexity index is 922. The molecule has 1 aromatic heterocycles. The fourth-order valence-corrected chi connectivity index (χ4v) is 3.57. The summed E-state index contributed by atoms with van der Waals surface area (Å²) < 4.78 is 5.89. The van der Waals surface area contributed by atoms with Crippen molar-refractivity contribution in [1.29, 1.82) is 0 Å². The summed E-state index contributed by atoms with van der Waals surface area (Å²) in [7, 11) is 0. The minimum atomic E-state index is 0.0250. The van der Waals surface area contributed by atoms with Crippen molar-refractivity contribution in [2.75, 3.05) is 31.1 Å². The van der Waals surface area contributed by atoms with Crippen LogP contribution in [0.4, 0.5) is 5.69 Å². The highest BCUT2D eigenvalue weighted by atomic mass is 35.5. The first-order valence-electron chi connectivity index (χ1n) is 8.98. The highest BCUT2D eigenvalue weighted by Crippen LogP contribution is 2.30. The number of hydrogen-bond acceptors (Lipinski definition) is 6. The van der Waals surface area contributed by atoms with Gasteiger partial charge in [0.1, 0.15) is 5.75 Å². The summed E-state index contributed by atoms with van der Waals surface area (Å²) in [5.41, 5.74) is 1.70. The third kappa shape index (κ3) is 3.77. The topological polar surface area (TPSA) is 65.6 Å². The van der Waals surface area contributed by atoms with E-state index in [4.69, 9.17) is 16.0 Å². The van der Waals surface area contributed by atoms with Gasteiger partial charge in [-0.3, -0.25) is 4.90 Å². The van der Waals surface area contributed by atoms with Gasteiger partial charge in [-0.2, -0.15) is 0 Å². The van der Waals surface area contributed by atoms with Crippen molar-refractivity contribution in [2.45, 2.75) is 13.0 Å². The Balaban J connectivity index is 1.43. The molecule has 2 heterocycles. The number of phenols is 1. The summed E-state index contributed by atoms with van der Waals surface area (Å²) in [6, 6.07) is 14.9. The van der Waals surface area contributed by atoms with E-state index < -0.39 is 0 Å². The number of para-hydroxylation sites is 2. The van der Waals surface area contributed by atoms with Crippen molar-refractivity contribution in [1.82, 2.24) is 15.1 Å². The van der Waals surface area contributed by atoms with Gasteiger partial charge in [0.25, 0.3) is 0 Å². The van der Waals surface area contributed by atoms with Crippen LogP contribution in [0.15, 0.2) is 52.9 Å². The normalized spacial score (nSPS) is 16.4. The van der Waals surface area contributed by atoms with E-state index in [1.165, 1.54) is 0 Å². The molecule has 2 aromatic carbocycles. The summed E-state index contributed by atoms with van der Waals surface area (Å²) in [4.78, 5) is 4.51. The van der Waals surface area contributed by atoms with Crippen LogP contribution in [0.25, 0.3) is 11.5 Å². The van der Waals surface area contributed by atoms with Gasteiger partial charge in [0, 0.05) is 36.8 Å². The second kappa shape index (κ2) is 7.58. The van der Waals surface area contributed by atoms with Gasteiger partial charge in [0.15, 0.2) is 0 Å². The molecule has 0 amide bonds. The number of rotatable bonds is 4. The second-order valence-electron chi connectivity index (χ2n) is 6.64. The molecule has 4 rings (SSSR count). The van der Waals surface area contributed by atoms with Gasteiger partial charge in [0.05, 0.1) is 11.7 Å². The van der Waals surface area contributed by atoms with Crippen molar-refractivity contribution < 1.29 is 9.52 Å². The first-order valence-corrected chi connectivity index (χ1v) is 9.36. The molecule has 1 aliphatic rings. The number of aromatic hydroxyl groups is 1. The van der Waals surface area contributed by atoms with Crippen LogP contribution in [0.1, 0.15) is 18.9 Å². The number of anilines is 1. The Kier molecular flexibility index (Phi) is 5.01. The van der Waals surface area contributed by atoms with E-state index in [0.29, 0.717) is 22.6 Å². The Hall–Kier alpha value is -2.57. The maximum atomic E-state index is 10.0. The Morgan fingerprint density at radius 1 is 1.04 bits per heavy atom. The molecule has 0 spiro atoms. The predicted octanol–water partition coefficient (Wildman–Crippen LogP) is 3.98. The SMILES string of the molecule is C[C@H](c1nnc(-c2cccc(Cl)c2)o1)N1CCN(c2ccccc2O)CC1. The largest absolute Gasteiger partial charge is 0.506 e. The highest BCUT2D eigenvalue weighted by Gasteiger charge is 2.26. The van der Waals surface area contributed by atoms with Crippen LogP contribution in [0.5, 0.6) is 5.75 Å². The van der Waals surface area contributed by atoms with E-state index in [0.717, 1.165) is 37.4 Å². The van der Waals surface area contributed by atoms with E-state index >= 15 is 0 Å². The fourth-order valence-electron chi connectivity index (χ4n) is 3.38. The van der Waals surface area contributed by atoms with Gasteiger partial charge in [-0.15, -0.1) is 10.2 Å². The lowest BCUT2D eigenvalue weighted by Crippen LogP contribution is -2.47. The summed E-state index contributed by atoms with van der Waals surface area (Å²) in [5, 5.41) is 19.1. The molecule has 0 saturated carbocycles. The number of aromatic nitrogens is 2. The maximum absolute atomic E-state index is 10.0.